The first kappa shape index (κ1) is 17.1. The summed E-state index contributed by atoms with van der Waals surface area (Å²) in [6, 6.07) is 17.5. The number of rotatable bonds is 4. The molecule has 2 aromatic carbocycles. The topological polar surface area (TPSA) is 81.8 Å². The lowest BCUT2D eigenvalue weighted by Gasteiger charge is -2.38. The lowest BCUT2D eigenvalue weighted by atomic mass is 9.64. The van der Waals surface area contributed by atoms with E-state index in [1.54, 1.807) is 54.6 Å². The highest BCUT2D eigenvalue weighted by Crippen LogP contribution is 2.49. The predicted octanol–water partition coefficient (Wildman–Crippen LogP) is 3.80. The van der Waals surface area contributed by atoms with Crippen LogP contribution in [0.4, 0.5) is 0 Å². The van der Waals surface area contributed by atoms with E-state index in [-0.39, 0.29) is 23.5 Å². The van der Waals surface area contributed by atoms with Crippen molar-refractivity contribution in [2.75, 3.05) is 0 Å². The van der Waals surface area contributed by atoms with Crippen molar-refractivity contribution in [2.24, 2.45) is 5.16 Å². The molecule has 1 heterocycles. The van der Waals surface area contributed by atoms with E-state index in [0.29, 0.717) is 11.1 Å². The number of hydrogen-bond donors (Lipinski definition) is 0. The van der Waals surface area contributed by atoms with E-state index >= 15 is 0 Å². The van der Waals surface area contributed by atoms with E-state index in [0.717, 1.165) is 5.57 Å². The fourth-order valence-electron chi connectivity index (χ4n) is 4.02. The normalized spacial score (nSPS) is 26.4. The molecular formula is C21H18N2O4. The highest BCUT2D eigenvalue weighted by Gasteiger charge is 2.75. The molecule has 0 saturated heterocycles. The third kappa shape index (κ3) is 2.33. The van der Waals surface area contributed by atoms with Gasteiger partial charge in [-0.25, -0.2) is 0 Å². The van der Waals surface area contributed by atoms with Crippen molar-refractivity contribution in [3.8, 4) is 0 Å². The number of oxime groups is 1. The summed E-state index contributed by atoms with van der Waals surface area (Å²) < 4.78 is 0. The molecule has 2 atom stereocenters. The summed E-state index contributed by atoms with van der Waals surface area (Å²) in [5.41, 5.74) is -1.45. The van der Waals surface area contributed by atoms with E-state index in [2.05, 4.69) is 5.16 Å². The molecule has 6 nitrogen and oxygen atoms in total. The van der Waals surface area contributed by atoms with Gasteiger partial charge in [0.15, 0.2) is 5.71 Å². The second-order valence-corrected chi connectivity index (χ2v) is 6.97. The SMILES string of the molecule is CC1=CC[C@@]2(C(=O)c3ccccc3)ON=C(c3ccccc3)[C@@]2([N+](=O)[O-])C1. The van der Waals surface area contributed by atoms with Crippen LogP contribution >= 0.6 is 0 Å². The molecule has 1 aliphatic carbocycles. The molecule has 2 aliphatic rings. The first-order valence-electron chi connectivity index (χ1n) is 8.73. The molecule has 0 fully saturated rings. The van der Waals surface area contributed by atoms with Crippen molar-refractivity contribution in [1.29, 1.82) is 0 Å². The Morgan fingerprint density at radius 1 is 1.11 bits per heavy atom. The first-order chi connectivity index (χ1) is 13.0. The number of Topliss-reactive ketones (excluding diaryl/α,β-unsaturated/α-hetero) is 1. The number of nitrogens with zero attached hydrogens (tertiary/aromatic N) is 2. The molecule has 0 N–H and O–H groups in total. The largest absolute Gasteiger partial charge is 0.372 e. The van der Waals surface area contributed by atoms with E-state index in [9.17, 15) is 14.9 Å². The van der Waals surface area contributed by atoms with Gasteiger partial charge >= 0.3 is 5.54 Å². The Kier molecular flexibility index (Phi) is 3.91. The number of carbonyl (C=O) groups excluding carboxylic acids is 1. The van der Waals surface area contributed by atoms with Gasteiger partial charge in [-0.1, -0.05) is 77.5 Å². The summed E-state index contributed by atoms with van der Waals surface area (Å²) in [6.07, 6.45) is 2.02. The van der Waals surface area contributed by atoms with E-state index in [4.69, 9.17) is 4.84 Å². The third-order valence-corrected chi connectivity index (χ3v) is 5.39. The second-order valence-electron chi connectivity index (χ2n) is 6.97. The van der Waals surface area contributed by atoms with Crippen LogP contribution in [0, 0.1) is 10.1 Å². The molecule has 0 bridgehead atoms. The maximum absolute atomic E-state index is 13.5. The number of fused-ring (bicyclic) bond motifs is 1. The highest BCUT2D eigenvalue weighted by atomic mass is 16.7. The standard InChI is InChI=1S/C21H18N2O4/c1-15-12-13-21(19(24)17-10-6-3-7-11-17)20(14-15,23(25)26)18(22-27-21)16-8-4-2-5-9-16/h2-12H,13-14H2,1H3/t20-,21-/m0/s1. The highest BCUT2D eigenvalue weighted by molar-refractivity contribution is 6.16. The van der Waals surface area contributed by atoms with E-state index < -0.39 is 16.9 Å². The Bertz CT molecular complexity index is 968. The predicted molar refractivity (Wildman–Crippen MR) is 100 cm³/mol. The van der Waals surface area contributed by atoms with Gasteiger partial charge in [0.2, 0.25) is 5.78 Å². The zero-order valence-corrected chi connectivity index (χ0v) is 14.8. The van der Waals surface area contributed by atoms with Crippen molar-refractivity contribution in [3.05, 3.63) is 93.6 Å². The molecular weight excluding hydrogens is 344 g/mol. The fourth-order valence-corrected chi connectivity index (χ4v) is 4.02. The van der Waals surface area contributed by atoms with Crippen LogP contribution in [0.15, 0.2) is 77.5 Å². The minimum absolute atomic E-state index is 0.0757. The maximum Gasteiger partial charge on any atom is 0.320 e. The van der Waals surface area contributed by atoms with Crippen LogP contribution in [-0.4, -0.2) is 27.6 Å². The molecule has 4 rings (SSSR count). The third-order valence-electron chi connectivity index (χ3n) is 5.39. The van der Waals surface area contributed by atoms with Gasteiger partial charge in [-0.3, -0.25) is 14.9 Å². The molecule has 136 valence electrons. The van der Waals surface area contributed by atoms with Gasteiger partial charge < -0.3 is 4.84 Å². The summed E-state index contributed by atoms with van der Waals surface area (Å²) in [5, 5.41) is 16.6. The Morgan fingerprint density at radius 3 is 2.37 bits per heavy atom. The van der Waals surface area contributed by atoms with Gasteiger partial charge in [0.05, 0.1) is 0 Å². The molecule has 0 radical (unpaired) electrons. The first-order valence-corrected chi connectivity index (χ1v) is 8.73. The van der Waals surface area contributed by atoms with Crippen LogP contribution in [0.1, 0.15) is 35.7 Å². The van der Waals surface area contributed by atoms with Gasteiger partial charge in [0, 0.05) is 28.9 Å². The van der Waals surface area contributed by atoms with Crippen molar-refractivity contribution in [2.45, 2.75) is 30.9 Å². The Hall–Kier alpha value is -3.28. The van der Waals surface area contributed by atoms with Gasteiger partial charge in [0.25, 0.3) is 5.60 Å². The summed E-state index contributed by atoms with van der Waals surface area (Å²) in [4.78, 5) is 31.3. The van der Waals surface area contributed by atoms with Crippen LogP contribution in [0.5, 0.6) is 0 Å². The van der Waals surface area contributed by atoms with Crippen molar-refractivity contribution in [1.82, 2.24) is 0 Å². The molecule has 6 heteroatoms. The average molecular weight is 362 g/mol. The Labute approximate surface area is 156 Å². The summed E-state index contributed by atoms with van der Waals surface area (Å²) in [7, 11) is 0. The maximum atomic E-state index is 13.5. The molecule has 0 unspecified atom stereocenters. The van der Waals surface area contributed by atoms with Crippen LogP contribution in [-0.2, 0) is 4.84 Å². The minimum atomic E-state index is -1.76. The molecule has 2 aromatic rings. The quantitative estimate of drug-likeness (QED) is 0.358. The Morgan fingerprint density at radius 2 is 1.74 bits per heavy atom. The molecule has 0 amide bonds. The van der Waals surface area contributed by atoms with Crippen molar-refractivity contribution in [3.63, 3.8) is 0 Å². The number of benzene rings is 2. The van der Waals surface area contributed by atoms with Gasteiger partial charge in [-0.2, -0.15) is 0 Å². The summed E-state index contributed by atoms with van der Waals surface area (Å²) in [6.45, 7) is 1.84. The smallest absolute Gasteiger partial charge is 0.320 e. The van der Waals surface area contributed by atoms with Crippen LogP contribution in [0.25, 0.3) is 0 Å². The summed E-state index contributed by atoms with van der Waals surface area (Å²) >= 11 is 0. The van der Waals surface area contributed by atoms with Crippen LogP contribution < -0.4 is 0 Å². The zero-order valence-electron chi connectivity index (χ0n) is 14.8. The van der Waals surface area contributed by atoms with Crippen molar-refractivity contribution >= 4 is 11.5 Å². The lowest BCUT2D eigenvalue weighted by molar-refractivity contribution is -0.563. The molecule has 0 spiro atoms. The molecule has 1 aliphatic heterocycles. The van der Waals surface area contributed by atoms with Gasteiger partial charge in [-0.15, -0.1) is 0 Å². The number of carbonyl (C=O) groups is 1. The monoisotopic (exact) mass is 362 g/mol. The minimum Gasteiger partial charge on any atom is -0.372 e. The average Bonchev–Trinajstić information content (AvgIpc) is 3.05. The van der Waals surface area contributed by atoms with Crippen LogP contribution in [0.3, 0.4) is 0 Å². The number of hydrogen-bond acceptors (Lipinski definition) is 5. The summed E-state index contributed by atoms with van der Waals surface area (Å²) in [5.74, 6) is -0.418. The number of ketones is 1. The fraction of sp³-hybridized carbons (Fsp3) is 0.238. The van der Waals surface area contributed by atoms with Gasteiger partial charge in [0.1, 0.15) is 0 Å². The zero-order chi connectivity index (χ0) is 19.1. The molecule has 27 heavy (non-hydrogen) atoms. The van der Waals surface area contributed by atoms with Gasteiger partial charge in [-0.05, 0) is 6.92 Å². The lowest BCUT2D eigenvalue weighted by Crippen LogP contribution is -2.66. The molecule has 0 saturated carbocycles. The van der Waals surface area contributed by atoms with E-state index in [1.807, 2.05) is 19.1 Å². The Balaban J connectivity index is 1.93. The second kappa shape index (κ2) is 6.16. The number of nitro groups is 1. The van der Waals surface area contributed by atoms with Crippen molar-refractivity contribution < 1.29 is 14.6 Å². The van der Waals surface area contributed by atoms with E-state index in [1.165, 1.54) is 0 Å². The van der Waals surface area contributed by atoms with Crippen LogP contribution in [0.2, 0.25) is 0 Å². The molecule has 0 aromatic heterocycles.